The van der Waals surface area contributed by atoms with E-state index in [0.29, 0.717) is 5.92 Å². The molecule has 0 aromatic heterocycles. The summed E-state index contributed by atoms with van der Waals surface area (Å²) in [4.78, 5) is 12.6. The molecule has 1 aliphatic carbocycles. The van der Waals surface area contributed by atoms with E-state index in [0.717, 1.165) is 19.3 Å². The van der Waals surface area contributed by atoms with Crippen LogP contribution in [0.1, 0.15) is 18.4 Å². The molecule has 2 nitrogen and oxygen atoms in total. The summed E-state index contributed by atoms with van der Waals surface area (Å²) in [6.07, 6.45) is 5.25. The Morgan fingerprint density at radius 1 is 1.41 bits per heavy atom. The second-order valence-corrected chi connectivity index (χ2v) is 5.39. The average Bonchev–Trinajstić information content (AvgIpc) is 3.15. The van der Waals surface area contributed by atoms with E-state index in [4.69, 9.17) is 4.74 Å². The summed E-state index contributed by atoms with van der Waals surface area (Å²) < 4.78 is 4.75. The van der Waals surface area contributed by atoms with Crippen molar-refractivity contribution in [2.75, 3.05) is 13.4 Å². The van der Waals surface area contributed by atoms with Crippen LogP contribution < -0.4 is 0 Å². The molecular formula is C14H18O2S. The molecule has 0 amide bonds. The molecule has 0 spiro atoms. The zero-order valence-corrected chi connectivity index (χ0v) is 11.1. The fourth-order valence-electron chi connectivity index (χ4n) is 2.15. The molecule has 2 rings (SSSR count). The van der Waals surface area contributed by atoms with Gasteiger partial charge in [0.2, 0.25) is 0 Å². The first-order chi connectivity index (χ1) is 8.24. The Morgan fingerprint density at radius 2 is 2.12 bits per heavy atom. The third-order valence-corrected chi connectivity index (χ3v) is 4.13. The number of carbonyl (C=O) groups excluding carboxylic acids is 1. The number of methoxy groups -OCH3 is 1. The van der Waals surface area contributed by atoms with Gasteiger partial charge in [-0.15, -0.1) is 11.8 Å². The van der Waals surface area contributed by atoms with Gasteiger partial charge in [0.25, 0.3) is 0 Å². The number of aryl methyl sites for hydroxylation is 1. The normalized spacial score (nSPS) is 22.2. The van der Waals surface area contributed by atoms with E-state index < -0.39 is 0 Å². The van der Waals surface area contributed by atoms with Crippen LogP contribution in [0, 0.1) is 11.8 Å². The van der Waals surface area contributed by atoms with Crippen molar-refractivity contribution in [3.05, 3.63) is 29.8 Å². The number of ether oxygens (including phenoxy) is 1. The van der Waals surface area contributed by atoms with Gasteiger partial charge in [0.15, 0.2) is 0 Å². The van der Waals surface area contributed by atoms with Crippen molar-refractivity contribution >= 4 is 17.7 Å². The van der Waals surface area contributed by atoms with Gasteiger partial charge in [0, 0.05) is 4.90 Å². The molecule has 1 aromatic carbocycles. The van der Waals surface area contributed by atoms with Gasteiger partial charge < -0.3 is 4.74 Å². The van der Waals surface area contributed by atoms with Crippen molar-refractivity contribution < 1.29 is 9.53 Å². The molecule has 92 valence electrons. The van der Waals surface area contributed by atoms with Gasteiger partial charge in [-0.1, -0.05) is 12.1 Å². The van der Waals surface area contributed by atoms with E-state index in [1.54, 1.807) is 11.8 Å². The summed E-state index contributed by atoms with van der Waals surface area (Å²) in [5.74, 6) is 0.681. The fraction of sp³-hybridized carbons (Fsp3) is 0.500. The van der Waals surface area contributed by atoms with Crippen LogP contribution in [-0.2, 0) is 16.0 Å². The molecule has 1 saturated carbocycles. The molecule has 0 bridgehead atoms. The van der Waals surface area contributed by atoms with Crippen LogP contribution >= 0.6 is 11.8 Å². The fourth-order valence-corrected chi connectivity index (χ4v) is 2.56. The maximum absolute atomic E-state index is 11.3. The molecule has 1 fully saturated rings. The van der Waals surface area contributed by atoms with E-state index in [1.165, 1.54) is 17.6 Å². The predicted octanol–water partition coefficient (Wildman–Crippen LogP) is 3.15. The Hall–Kier alpha value is -0.960. The van der Waals surface area contributed by atoms with Gasteiger partial charge in [-0.25, -0.2) is 0 Å². The third-order valence-electron chi connectivity index (χ3n) is 3.39. The lowest BCUT2D eigenvalue weighted by molar-refractivity contribution is -0.142. The largest absolute Gasteiger partial charge is 0.469 e. The van der Waals surface area contributed by atoms with Crippen molar-refractivity contribution in [2.24, 2.45) is 11.8 Å². The topological polar surface area (TPSA) is 26.3 Å². The molecular weight excluding hydrogens is 232 g/mol. The van der Waals surface area contributed by atoms with Crippen LogP contribution in [0.15, 0.2) is 29.2 Å². The Balaban J connectivity index is 1.77. The lowest BCUT2D eigenvalue weighted by Crippen LogP contribution is -2.04. The van der Waals surface area contributed by atoms with E-state index >= 15 is 0 Å². The average molecular weight is 250 g/mol. The summed E-state index contributed by atoms with van der Waals surface area (Å²) in [6.45, 7) is 0. The summed E-state index contributed by atoms with van der Waals surface area (Å²) in [5.41, 5.74) is 1.36. The summed E-state index contributed by atoms with van der Waals surface area (Å²) in [7, 11) is 1.47. The number of thioether (sulfide) groups is 1. The molecule has 1 aliphatic rings. The first-order valence-electron chi connectivity index (χ1n) is 5.95. The van der Waals surface area contributed by atoms with Crippen LogP contribution in [-0.4, -0.2) is 19.3 Å². The second kappa shape index (κ2) is 5.58. The SMILES string of the molecule is COC(=O)C1CC1CCc1ccc(SC)cc1. The summed E-state index contributed by atoms with van der Waals surface area (Å²) in [5, 5.41) is 0. The molecule has 3 heteroatoms. The highest BCUT2D eigenvalue weighted by Crippen LogP contribution is 2.42. The number of benzene rings is 1. The highest BCUT2D eigenvalue weighted by atomic mass is 32.2. The van der Waals surface area contributed by atoms with Crippen molar-refractivity contribution in [3.8, 4) is 0 Å². The quantitative estimate of drug-likeness (QED) is 0.593. The monoisotopic (exact) mass is 250 g/mol. The Morgan fingerprint density at radius 3 is 2.71 bits per heavy atom. The van der Waals surface area contributed by atoms with Crippen molar-refractivity contribution in [1.29, 1.82) is 0 Å². The molecule has 0 saturated heterocycles. The van der Waals surface area contributed by atoms with Crippen LogP contribution in [0.3, 0.4) is 0 Å². The minimum Gasteiger partial charge on any atom is -0.469 e. The van der Waals surface area contributed by atoms with E-state index in [2.05, 4.69) is 30.5 Å². The highest BCUT2D eigenvalue weighted by molar-refractivity contribution is 7.98. The maximum atomic E-state index is 11.3. The van der Waals surface area contributed by atoms with Crippen molar-refractivity contribution in [3.63, 3.8) is 0 Å². The summed E-state index contributed by atoms with van der Waals surface area (Å²) >= 11 is 1.76. The number of hydrogen-bond donors (Lipinski definition) is 0. The van der Waals surface area contributed by atoms with Gasteiger partial charge in [0.1, 0.15) is 0 Å². The lowest BCUT2D eigenvalue weighted by Gasteiger charge is -2.02. The zero-order chi connectivity index (χ0) is 12.3. The highest BCUT2D eigenvalue weighted by Gasteiger charge is 2.43. The lowest BCUT2D eigenvalue weighted by atomic mass is 10.1. The maximum Gasteiger partial charge on any atom is 0.308 e. The Kier molecular flexibility index (Phi) is 4.11. The number of hydrogen-bond acceptors (Lipinski definition) is 3. The summed E-state index contributed by atoms with van der Waals surface area (Å²) in [6, 6.07) is 8.68. The van der Waals surface area contributed by atoms with E-state index in [9.17, 15) is 4.79 Å². The van der Waals surface area contributed by atoms with Gasteiger partial charge in [0.05, 0.1) is 13.0 Å². The zero-order valence-electron chi connectivity index (χ0n) is 10.3. The number of carbonyl (C=O) groups is 1. The molecule has 1 aromatic rings. The molecule has 0 N–H and O–H groups in total. The number of esters is 1. The minimum atomic E-state index is -0.0345. The van der Waals surface area contributed by atoms with Crippen LogP contribution in [0.5, 0.6) is 0 Å². The molecule has 0 aliphatic heterocycles. The smallest absolute Gasteiger partial charge is 0.308 e. The Labute approximate surface area is 107 Å². The van der Waals surface area contributed by atoms with Gasteiger partial charge in [-0.2, -0.15) is 0 Å². The van der Waals surface area contributed by atoms with Crippen LogP contribution in [0.2, 0.25) is 0 Å². The Bertz CT molecular complexity index is 386. The van der Waals surface area contributed by atoms with Gasteiger partial charge >= 0.3 is 5.97 Å². The molecule has 0 heterocycles. The van der Waals surface area contributed by atoms with Crippen molar-refractivity contribution in [2.45, 2.75) is 24.2 Å². The van der Waals surface area contributed by atoms with Crippen molar-refractivity contribution in [1.82, 2.24) is 0 Å². The molecule has 17 heavy (non-hydrogen) atoms. The second-order valence-electron chi connectivity index (χ2n) is 4.51. The minimum absolute atomic E-state index is 0.0345. The van der Waals surface area contributed by atoms with Gasteiger partial charge in [-0.05, 0) is 49.1 Å². The first kappa shape index (κ1) is 12.5. The molecule has 2 atom stereocenters. The van der Waals surface area contributed by atoms with Crippen LogP contribution in [0.25, 0.3) is 0 Å². The number of rotatable bonds is 5. The standard InChI is InChI=1S/C14H18O2S/c1-16-14(15)13-9-11(13)6-3-10-4-7-12(17-2)8-5-10/h4-5,7-8,11,13H,3,6,9H2,1-2H3. The molecule has 0 radical (unpaired) electrons. The van der Waals surface area contributed by atoms with E-state index in [1.807, 2.05) is 0 Å². The predicted molar refractivity (Wildman–Crippen MR) is 70.2 cm³/mol. The first-order valence-corrected chi connectivity index (χ1v) is 7.18. The third kappa shape index (κ3) is 3.25. The van der Waals surface area contributed by atoms with E-state index in [-0.39, 0.29) is 11.9 Å². The molecule has 2 unspecified atom stereocenters. The van der Waals surface area contributed by atoms with Crippen LogP contribution in [0.4, 0.5) is 0 Å². The van der Waals surface area contributed by atoms with Gasteiger partial charge in [-0.3, -0.25) is 4.79 Å².